The summed E-state index contributed by atoms with van der Waals surface area (Å²) in [5.74, 6) is 0.217. The van der Waals surface area contributed by atoms with E-state index in [0.29, 0.717) is 24.0 Å². The van der Waals surface area contributed by atoms with Crippen LogP contribution in [0.4, 0.5) is 0 Å². The highest BCUT2D eigenvalue weighted by Gasteiger charge is 2.44. The van der Waals surface area contributed by atoms with E-state index in [9.17, 15) is 19.8 Å². The molecule has 8 heteroatoms. The van der Waals surface area contributed by atoms with E-state index in [-0.39, 0.29) is 51.0 Å². The molecule has 0 unspecified atom stereocenters. The lowest BCUT2D eigenvalue weighted by Gasteiger charge is -2.32. The number of aliphatic carboxylic acids is 1. The minimum atomic E-state index is -0.935. The molecule has 2 aliphatic carbocycles. The van der Waals surface area contributed by atoms with Crippen molar-refractivity contribution in [3.8, 4) is 5.75 Å². The predicted molar refractivity (Wildman–Crippen MR) is 115 cm³/mol. The van der Waals surface area contributed by atoms with Crippen molar-refractivity contribution in [2.45, 2.75) is 57.7 Å². The van der Waals surface area contributed by atoms with Gasteiger partial charge in [-0.05, 0) is 74.0 Å². The first kappa shape index (κ1) is 24.5. The molecule has 0 aromatic heterocycles. The molecule has 3 rings (SSSR count). The Morgan fingerprint density at radius 2 is 2.00 bits per heavy atom. The van der Waals surface area contributed by atoms with Gasteiger partial charge in [0.25, 0.3) is 0 Å². The lowest BCUT2D eigenvalue weighted by Crippen LogP contribution is -2.28. The Hall–Kier alpha value is -2.16. The Labute approximate surface area is 188 Å². The SMILES string of the molecule is C[C@H](O)CC[C@@H]1[C@H]2Cc3cccc(OCC(=O)OCCOCCC(=O)O)c3C[C@H]2C[C@H]1O. The van der Waals surface area contributed by atoms with Crippen LogP contribution in [0.3, 0.4) is 0 Å². The van der Waals surface area contributed by atoms with Gasteiger partial charge in [0.2, 0.25) is 0 Å². The van der Waals surface area contributed by atoms with E-state index >= 15 is 0 Å². The Bertz CT molecular complexity index is 777. The number of carboxylic acid groups (broad SMARTS) is 1. The molecule has 0 bridgehead atoms. The number of hydrogen-bond donors (Lipinski definition) is 3. The summed E-state index contributed by atoms with van der Waals surface area (Å²) in [6.45, 7) is 1.84. The van der Waals surface area contributed by atoms with Gasteiger partial charge in [0.1, 0.15) is 12.4 Å². The van der Waals surface area contributed by atoms with Gasteiger partial charge in [-0.1, -0.05) is 12.1 Å². The van der Waals surface area contributed by atoms with E-state index in [0.717, 1.165) is 31.2 Å². The molecule has 3 N–H and O–H groups in total. The van der Waals surface area contributed by atoms with Crippen molar-refractivity contribution in [1.82, 2.24) is 0 Å². The van der Waals surface area contributed by atoms with Gasteiger partial charge in [-0.25, -0.2) is 4.79 Å². The monoisotopic (exact) mass is 450 g/mol. The molecule has 1 aromatic rings. The topological polar surface area (TPSA) is 123 Å². The third-order valence-corrected chi connectivity index (χ3v) is 6.56. The molecular weight excluding hydrogens is 416 g/mol. The number of hydrogen-bond acceptors (Lipinski definition) is 7. The minimum Gasteiger partial charge on any atom is -0.482 e. The molecule has 0 aliphatic heterocycles. The van der Waals surface area contributed by atoms with Crippen molar-refractivity contribution < 1.29 is 39.1 Å². The molecule has 32 heavy (non-hydrogen) atoms. The summed E-state index contributed by atoms with van der Waals surface area (Å²) in [5, 5.41) is 28.8. The summed E-state index contributed by atoms with van der Waals surface area (Å²) in [4.78, 5) is 22.4. The normalized spacial score (nSPS) is 25.0. The zero-order chi connectivity index (χ0) is 23.1. The Morgan fingerprint density at radius 3 is 2.75 bits per heavy atom. The molecule has 0 spiro atoms. The van der Waals surface area contributed by atoms with Crippen molar-refractivity contribution >= 4 is 11.9 Å². The molecule has 2 aliphatic rings. The maximum Gasteiger partial charge on any atom is 0.344 e. The number of esters is 1. The number of carboxylic acids is 1. The van der Waals surface area contributed by atoms with Gasteiger partial charge in [0.05, 0.1) is 31.8 Å². The number of carbonyl (C=O) groups is 2. The van der Waals surface area contributed by atoms with E-state index in [4.69, 9.17) is 19.3 Å². The van der Waals surface area contributed by atoms with Gasteiger partial charge in [-0.2, -0.15) is 0 Å². The van der Waals surface area contributed by atoms with Crippen LogP contribution in [0.25, 0.3) is 0 Å². The molecule has 0 amide bonds. The molecule has 0 radical (unpaired) electrons. The number of carbonyl (C=O) groups excluding carboxylic acids is 1. The zero-order valence-corrected chi connectivity index (χ0v) is 18.6. The second-order valence-electron chi connectivity index (χ2n) is 8.88. The standard InChI is InChI=1S/C24H34O8/c1-15(25)5-6-18-19-11-16-3-2-4-22(20(16)12-17(19)13-21(18)26)32-14-24(29)31-10-9-30-8-7-23(27)28/h2-4,15,17-19,21,25-26H,5-14H2,1H3,(H,27,28)/t15-,17-,18+,19-,21+/m0/s1. The first-order chi connectivity index (χ1) is 15.3. The fourth-order valence-corrected chi connectivity index (χ4v) is 5.03. The van der Waals surface area contributed by atoms with Gasteiger partial charge in [-0.3, -0.25) is 4.79 Å². The van der Waals surface area contributed by atoms with E-state index in [1.54, 1.807) is 6.92 Å². The summed E-state index contributed by atoms with van der Waals surface area (Å²) in [7, 11) is 0. The molecule has 1 saturated carbocycles. The summed E-state index contributed by atoms with van der Waals surface area (Å²) >= 11 is 0. The summed E-state index contributed by atoms with van der Waals surface area (Å²) < 4.78 is 15.9. The van der Waals surface area contributed by atoms with E-state index < -0.39 is 11.9 Å². The van der Waals surface area contributed by atoms with Crippen LogP contribution in [-0.4, -0.2) is 65.9 Å². The molecular formula is C24H34O8. The van der Waals surface area contributed by atoms with Gasteiger partial charge in [-0.15, -0.1) is 0 Å². The third kappa shape index (κ3) is 6.67. The second kappa shape index (κ2) is 11.6. The number of fused-ring (bicyclic) bond motifs is 2. The highest BCUT2D eigenvalue weighted by Crippen LogP contribution is 2.48. The van der Waals surface area contributed by atoms with Crippen molar-refractivity contribution in [1.29, 1.82) is 0 Å². The van der Waals surface area contributed by atoms with Crippen LogP contribution in [0, 0.1) is 17.8 Å². The molecule has 178 valence electrons. The summed E-state index contributed by atoms with van der Waals surface area (Å²) in [6.07, 6.45) is 3.19. The number of aliphatic hydroxyl groups is 2. The van der Waals surface area contributed by atoms with Crippen molar-refractivity contribution in [2.75, 3.05) is 26.4 Å². The second-order valence-corrected chi connectivity index (χ2v) is 8.88. The van der Waals surface area contributed by atoms with Gasteiger partial charge in [0, 0.05) is 0 Å². The zero-order valence-electron chi connectivity index (χ0n) is 18.6. The lowest BCUT2D eigenvalue weighted by molar-refractivity contribution is -0.148. The summed E-state index contributed by atoms with van der Waals surface area (Å²) in [5.41, 5.74) is 2.29. The van der Waals surface area contributed by atoms with Gasteiger partial charge >= 0.3 is 11.9 Å². The smallest absolute Gasteiger partial charge is 0.344 e. The highest BCUT2D eigenvalue weighted by atomic mass is 16.6. The van der Waals surface area contributed by atoms with Gasteiger partial charge in [0.15, 0.2) is 6.61 Å². The molecule has 0 saturated heterocycles. The average molecular weight is 451 g/mol. The first-order valence-corrected chi connectivity index (χ1v) is 11.4. The Morgan fingerprint density at radius 1 is 1.19 bits per heavy atom. The van der Waals surface area contributed by atoms with Crippen LogP contribution in [0.1, 0.15) is 43.7 Å². The van der Waals surface area contributed by atoms with Crippen molar-refractivity contribution in [3.05, 3.63) is 29.3 Å². The molecule has 5 atom stereocenters. The largest absolute Gasteiger partial charge is 0.482 e. The quantitative estimate of drug-likeness (QED) is 0.326. The number of aliphatic hydroxyl groups excluding tert-OH is 2. The van der Waals surface area contributed by atoms with Crippen LogP contribution in [0.5, 0.6) is 5.75 Å². The van der Waals surface area contributed by atoms with Crippen LogP contribution in [0.2, 0.25) is 0 Å². The fraction of sp³-hybridized carbons (Fsp3) is 0.667. The first-order valence-electron chi connectivity index (χ1n) is 11.4. The number of benzene rings is 1. The maximum atomic E-state index is 12.0. The molecule has 0 heterocycles. The van der Waals surface area contributed by atoms with Crippen molar-refractivity contribution in [3.63, 3.8) is 0 Å². The van der Waals surface area contributed by atoms with E-state index in [1.165, 1.54) is 5.56 Å². The summed E-state index contributed by atoms with van der Waals surface area (Å²) in [6, 6.07) is 5.87. The van der Waals surface area contributed by atoms with Crippen LogP contribution in [-0.2, 0) is 31.9 Å². The van der Waals surface area contributed by atoms with Crippen LogP contribution >= 0.6 is 0 Å². The Kier molecular flexibility index (Phi) is 8.90. The highest BCUT2D eigenvalue weighted by molar-refractivity contribution is 5.71. The van der Waals surface area contributed by atoms with E-state index in [2.05, 4.69) is 6.07 Å². The van der Waals surface area contributed by atoms with E-state index in [1.807, 2.05) is 12.1 Å². The maximum absolute atomic E-state index is 12.0. The third-order valence-electron chi connectivity index (χ3n) is 6.56. The number of rotatable bonds is 12. The Balaban J connectivity index is 1.50. The fourth-order valence-electron chi connectivity index (χ4n) is 5.03. The average Bonchev–Trinajstić information content (AvgIpc) is 3.05. The molecule has 1 fully saturated rings. The van der Waals surface area contributed by atoms with Crippen LogP contribution < -0.4 is 4.74 Å². The number of ether oxygens (including phenoxy) is 3. The molecule has 1 aromatic carbocycles. The lowest BCUT2D eigenvalue weighted by atomic mass is 9.73. The molecule has 8 nitrogen and oxygen atoms in total. The van der Waals surface area contributed by atoms with Gasteiger partial charge < -0.3 is 29.5 Å². The van der Waals surface area contributed by atoms with Crippen LogP contribution in [0.15, 0.2) is 18.2 Å². The minimum absolute atomic E-state index is 0.0458. The predicted octanol–water partition coefficient (Wildman–Crippen LogP) is 1.97. The van der Waals surface area contributed by atoms with Crippen molar-refractivity contribution in [2.24, 2.45) is 17.8 Å².